The molecule has 0 saturated heterocycles. The maximum Gasteiger partial charge on any atom is 0.147 e. The second kappa shape index (κ2) is 6.02. The third-order valence-corrected chi connectivity index (χ3v) is 2.33. The first-order valence-electron chi connectivity index (χ1n) is 5.13. The lowest BCUT2D eigenvalue weighted by atomic mass is 10.1. The first-order chi connectivity index (χ1) is 8.16. The van der Waals surface area contributed by atoms with E-state index < -0.39 is 5.82 Å². The van der Waals surface area contributed by atoms with Crippen LogP contribution in [0.2, 0.25) is 0 Å². The quantitative estimate of drug-likeness (QED) is 0.589. The second-order valence-corrected chi connectivity index (χ2v) is 3.60. The molecular formula is C13H13ClFN3. The van der Waals surface area contributed by atoms with Gasteiger partial charge in [0.05, 0.1) is 5.69 Å². The van der Waals surface area contributed by atoms with Gasteiger partial charge in [-0.25, -0.2) is 4.39 Å². The van der Waals surface area contributed by atoms with Gasteiger partial charge in [-0.15, -0.1) is 12.4 Å². The van der Waals surface area contributed by atoms with Gasteiger partial charge in [0, 0.05) is 11.3 Å². The molecule has 0 aromatic heterocycles. The average molecular weight is 266 g/mol. The van der Waals surface area contributed by atoms with Crippen LogP contribution in [0.25, 0.3) is 0 Å². The zero-order valence-electron chi connectivity index (χ0n) is 9.48. The van der Waals surface area contributed by atoms with Gasteiger partial charge in [0.25, 0.3) is 0 Å². The standard InChI is InChI=1S/C13H12FN3.ClH/c14-11-8-9(13(15)16)6-7-12(11)17-10-4-2-1-3-5-10;/h1-8,17H,(H3,15,16);1H. The first-order valence-corrected chi connectivity index (χ1v) is 5.13. The zero-order chi connectivity index (χ0) is 12.3. The monoisotopic (exact) mass is 265 g/mol. The van der Waals surface area contributed by atoms with Gasteiger partial charge < -0.3 is 11.1 Å². The number of hydrogen-bond donors (Lipinski definition) is 3. The molecule has 0 aliphatic carbocycles. The van der Waals surface area contributed by atoms with Crippen LogP contribution in [0, 0.1) is 11.2 Å². The molecule has 0 heterocycles. The Labute approximate surface area is 111 Å². The molecule has 0 fully saturated rings. The predicted molar refractivity (Wildman–Crippen MR) is 74.4 cm³/mol. The highest BCUT2D eigenvalue weighted by Gasteiger charge is 2.05. The van der Waals surface area contributed by atoms with Gasteiger partial charge in [-0.3, -0.25) is 5.41 Å². The number of anilines is 2. The summed E-state index contributed by atoms with van der Waals surface area (Å²) in [5.41, 5.74) is 6.83. The van der Waals surface area contributed by atoms with Crippen LogP contribution in [0.3, 0.4) is 0 Å². The molecule has 0 atom stereocenters. The molecule has 2 rings (SSSR count). The molecule has 3 nitrogen and oxygen atoms in total. The van der Waals surface area contributed by atoms with Gasteiger partial charge in [0.2, 0.25) is 0 Å². The Bertz CT molecular complexity index is 543. The second-order valence-electron chi connectivity index (χ2n) is 3.60. The third-order valence-electron chi connectivity index (χ3n) is 2.33. The van der Waals surface area contributed by atoms with Crippen molar-refractivity contribution in [1.82, 2.24) is 0 Å². The topological polar surface area (TPSA) is 61.9 Å². The van der Waals surface area contributed by atoms with E-state index in [0.717, 1.165) is 5.69 Å². The van der Waals surface area contributed by atoms with E-state index in [9.17, 15) is 4.39 Å². The number of benzene rings is 2. The van der Waals surface area contributed by atoms with E-state index in [4.69, 9.17) is 11.1 Å². The van der Waals surface area contributed by atoms with Crippen LogP contribution in [0.15, 0.2) is 48.5 Å². The van der Waals surface area contributed by atoms with E-state index >= 15 is 0 Å². The Morgan fingerprint density at radius 1 is 1.11 bits per heavy atom. The van der Waals surface area contributed by atoms with Gasteiger partial charge in [-0.1, -0.05) is 18.2 Å². The van der Waals surface area contributed by atoms with E-state index in [1.54, 1.807) is 12.1 Å². The Morgan fingerprint density at radius 2 is 1.78 bits per heavy atom. The van der Waals surface area contributed by atoms with Crippen molar-refractivity contribution in [1.29, 1.82) is 5.41 Å². The van der Waals surface area contributed by atoms with E-state index in [1.807, 2.05) is 30.3 Å². The summed E-state index contributed by atoms with van der Waals surface area (Å²) in [6.45, 7) is 0. The van der Waals surface area contributed by atoms with E-state index in [2.05, 4.69) is 5.32 Å². The molecule has 5 heteroatoms. The Balaban J connectivity index is 0.00000162. The maximum atomic E-state index is 13.7. The summed E-state index contributed by atoms with van der Waals surface area (Å²) < 4.78 is 13.7. The number of hydrogen-bond acceptors (Lipinski definition) is 2. The molecular weight excluding hydrogens is 253 g/mol. The van der Waals surface area contributed by atoms with Gasteiger partial charge in [0.1, 0.15) is 11.7 Å². The normalized spacial score (nSPS) is 9.39. The highest BCUT2D eigenvalue weighted by molar-refractivity contribution is 5.95. The SMILES string of the molecule is Cl.N=C(N)c1ccc(Nc2ccccc2)c(F)c1. The van der Waals surface area contributed by atoms with Gasteiger partial charge in [-0.05, 0) is 30.3 Å². The van der Waals surface area contributed by atoms with Crippen molar-refractivity contribution >= 4 is 29.6 Å². The van der Waals surface area contributed by atoms with Crippen molar-refractivity contribution in [3.63, 3.8) is 0 Å². The molecule has 0 aliphatic heterocycles. The number of para-hydroxylation sites is 1. The summed E-state index contributed by atoms with van der Waals surface area (Å²) >= 11 is 0. The molecule has 0 amide bonds. The first kappa shape index (κ1) is 14.0. The molecule has 94 valence electrons. The largest absolute Gasteiger partial charge is 0.384 e. The molecule has 2 aromatic carbocycles. The highest BCUT2D eigenvalue weighted by Crippen LogP contribution is 2.20. The summed E-state index contributed by atoms with van der Waals surface area (Å²) in [4.78, 5) is 0. The molecule has 2 aromatic rings. The lowest BCUT2D eigenvalue weighted by molar-refractivity contribution is 0.631. The Morgan fingerprint density at radius 3 is 2.33 bits per heavy atom. The Kier molecular flexibility index (Phi) is 4.68. The van der Waals surface area contributed by atoms with Crippen LogP contribution >= 0.6 is 12.4 Å². The fourth-order valence-electron chi connectivity index (χ4n) is 1.46. The van der Waals surface area contributed by atoms with E-state index in [1.165, 1.54) is 6.07 Å². The number of amidine groups is 1. The summed E-state index contributed by atoms with van der Waals surface area (Å²) in [6, 6.07) is 13.7. The van der Waals surface area contributed by atoms with Crippen LogP contribution in [0.4, 0.5) is 15.8 Å². The number of nitrogens with two attached hydrogens (primary N) is 1. The van der Waals surface area contributed by atoms with Crippen molar-refractivity contribution in [2.75, 3.05) is 5.32 Å². The summed E-state index contributed by atoms with van der Waals surface area (Å²) in [5, 5.41) is 10.2. The van der Waals surface area contributed by atoms with Crippen LogP contribution < -0.4 is 11.1 Å². The van der Waals surface area contributed by atoms with Crippen LogP contribution in [0.1, 0.15) is 5.56 Å². The molecule has 18 heavy (non-hydrogen) atoms. The minimum atomic E-state index is -0.429. The molecule has 0 aliphatic rings. The highest BCUT2D eigenvalue weighted by atomic mass is 35.5. The molecule has 0 radical (unpaired) electrons. The van der Waals surface area contributed by atoms with E-state index in [-0.39, 0.29) is 18.2 Å². The van der Waals surface area contributed by atoms with Crippen molar-refractivity contribution in [3.05, 3.63) is 59.9 Å². The molecule has 0 saturated carbocycles. The molecule has 0 unspecified atom stereocenters. The number of nitrogen functional groups attached to an aromatic ring is 1. The summed E-state index contributed by atoms with van der Waals surface area (Å²) in [5.74, 6) is -0.572. The van der Waals surface area contributed by atoms with Crippen molar-refractivity contribution in [3.8, 4) is 0 Å². The summed E-state index contributed by atoms with van der Waals surface area (Å²) in [6.07, 6.45) is 0. The minimum Gasteiger partial charge on any atom is -0.384 e. The lowest BCUT2D eigenvalue weighted by Gasteiger charge is -2.08. The van der Waals surface area contributed by atoms with Crippen LogP contribution in [-0.2, 0) is 0 Å². The summed E-state index contributed by atoms with van der Waals surface area (Å²) in [7, 11) is 0. The molecule has 0 bridgehead atoms. The van der Waals surface area contributed by atoms with Gasteiger partial charge in [-0.2, -0.15) is 0 Å². The number of nitrogens with one attached hydrogen (secondary N) is 2. The number of halogens is 2. The Hall–Kier alpha value is -2.07. The fourth-order valence-corrected chi connectivity index (χ4v) is 1.46. The van der Waals surface area contributed by atoms with Crippen LogP contribution in [-0.4, -0.2) is 5.84 Å². The van der Waals surface area contributed by atoms with Crippen molar-refractivity contribution in [2.45, 2.75) is 0 Å². The van der Waals surface area contributed by atoms with Crippen molar-refractivity contribution < 1.29 is 4.39 Å². The van der Waals surface area contributed by atoms with E-state index in [0.29, 0.717) is 11.3 Å². The molecule has 4 N–H and O–H groups in total. The van der Waals surface area contributed by atoms with Gasteiger partial charge in [0.15, 0.2) is 0 Å². The number of rotatable bonds is 3. The van der Waals surface area contributed by atoms with Crippen LogP contribution in [0.5, 0.6) is 0 Å². The lowest BCUT2D eigenvalue weighted by Crippen LogP contribution is -2.11. The average Bonchev–Trinajstić information content (AvgIpc) is 2.33. The zero-order valence-corrected chi connectivity index (χ0v) is 10.3. The molecule has 0 spiro atoms. The predicted octanol–water partition coefficient (Wildman–Crippen LogP) is 3.28. The van der Waals surface area contributed by atoms with Crippen molar-refractivity contribution in [2.24, 2.45) is 5.73 Å². The van der Waals surface area contributed by atoms with Gasteiger partial charge >= 0.3 is 0 Å². The fraction of sp³-hybridized carbons (Fsp3) is 0. The maximum absolute atomic E-state index is 13.7. The minimum absolute atomic E-state index is 0. The third kappa shape index (κ3) is 3.21. The smallest absolute Gasteiger partial charge is 0.147 e.